The van der Waals surface area contributed by atoms with Crippen LogP contribution < -0.4 is 10.1 Å². The highest BCUT2D eigenvalue weighted by molar-refractivity contribution is 7.92. The zero-order valence-corrected chi connectivity index (χ0v) is 11.3. The third-order valence-corrected chi connectivity index (χ3v) is 5.27. The Morgan fingerprint density at radius 3 is 2.89 bits per heavy atom. The van der Waals surface area contributed by atoms with Gasteiger partial charge in [-0.2, -0.15) is 4.98 Å². The van der Waals surface area contributed by atoms with Gasteiger partial charge in [0.25, 0.3) is 0 Å². The number of nitrogens with one attached hydrogen (secondary N) is 1. The molecule has 1 atom stereocenters. The van der Waals surface area contributed by atoms with E-state index in [2.05, 4.69) is 15.3 Å². The smallest absolute Gasteiger partial charge is 0.218 e. The molecule has 1 aliphatic heterocycles. The summed E-state index contributed by atoms with van der Waals surface area (Å²) in [5.74, 6) is 1.96. The summed E-state index contributed by atoms with van der Waals surface area (Å²) in [6.45, 7) is 2.15. The number of rotatable bonds is 4. The number of sulfone groups is 1. The van der Waals surface area contributed by atoms with E-state index in [1.165, 1.54) is 7.11 Å². The van der Waals surface area contributed by atoms with Gasteiger partial charge in [0, 0.05) is 12.6 Å². The van der Waals surface area contributed by atoms with Crippen LogP contribution in [0.3, 0.4) is 0 Å². The maximum atomic E-state index is 11.7. The topological polar surface area (TPSA) is 81.2 Å². The zero-order chi connectivity index (χ0) is 13.2. The molecule has 1 unspecified atom stereocenters. The summed E-state index contributed by atoms with van der Waals surface area (Å²) < 4.78 is 28.4. The van der Waals surface area contributed by atoms with E-state index in [1.54, 1.807) is 13.0 Å². The van der Waals surface area contributed by atoms with Crippen LogP contribution in [-0.4, -0.2) is 43.0 Å². The second-order valence-electron chi connectivity index (χ2n) is 4.35. The lowest BCUT2D eigenvalue weighted by atomic mass is 10.2. The molecule has 1 aromatic heterocycles. The summed E-state index contributed by atoms with van der Waals surface area (Å²) in [7, 11) is -1.39. The first-order valence-electron chi connectivity index (χ1n) is 5.86. The van der Waals surface area contributed by atoms with Crippen LogP contribution in [-0.2, 0) is 9.84 Å². The molecule has 0 amide bonds. The van der Waals surface area contributed by atoms with Crippen molar-refractivity contribution in [3.05, 3.63) is 11.9 Å². The number of aromatic nitrogens is 2. The largest absolute Gasteiger partial charge is 0.481 e. The highest BCUT2D eigenvalue weighted by atomic mass is 32.2. The molecule has 0 spiro atoms. The molecule has 18 heavy (non-hydrogen) atoms. The number of aryl methyl sites for hydroxylation is 1. The Labute approximate surface area is 107 Å². The lowest BCUT2D eigenvalue weighted by Crippen LogP contribution is -2.25. The molecular formula is C11H17N3O3S. The van der Waals surface area contributed by atoms with Crippen molar-refractivity contribution in [3.63, 3.8) is 0 Å². The predicted molar refractivity (Wildman–Crippen MR) is 68.6 cm³/mol. The van der Waals surface area contributed by atoms with Gasteiger partial charge in [0.15, 0.2) is 9.84 Å². The molecule has 0 aliphatic carbocycles. The van der Waals surface area contributed by atoms with E-state index in [4.69, 9.17) is 4.74 Å². The molecule has 1 saturated heterocycles. The fraction of sp³-hybridized carbons (Fsp3) is 0.636. The minimum absolute atomic E-state index is 0.297. The normalized spacial score (nSPS) is 21.8. The van der Waals surface area contributed by atoms with Crippen LogP contribution in [0.5, 0.6) is 5.88 Å². The first kappa shape index (κ1) is 13.1. The molecule has 1 N–H and O–H groups in total. The summed E-state index contributed by atoms with van der Waals surface area (Å²) >= 11 is 0. The molecule has 1 aliphatic rings. The van der Waals surface area contributed by atoms with E-state index in [9.17, 15) is 8.42 Å². The molecule has 6 nitrogen and oxygen atoms in total. The quantitative estimate of drug-likeness (QED) is 0.871. The van der Waals surface area contributed by atoms with E-state index in [-0.39, 0.29) is 5.25 Å². The van der Waals surface area contributed by atoms with Crippen LogP contribution in [0.1, 0.15) is 18.7 Å². The first-order valence-corrected chi connectivity index (χ1v) is 7.58. The standard InChI is InChI=1S/C11H17N3O3S/c1-8-13-10(6-11(14-8)17-2)12-7-9-4-3-5-18(9,15)16/h6,9H,3-5,7H2,1-2H3,(H,12,13,14). The van der Waals surface area contributed by atoms with E-state index >= 15 is 0 Å². The second kappa shape index (κ2) is 5.09. The molecule has 0 aromatic carbocycles. The first-order chi connectivity index (χ1) is 8.51. The van der Waals surface area contributed by atoms with Gasteiger partial charge in [-0.1, -0.05) is 0 Å². The second-order valence-corrected chi connectivity index (χ2v) is 6.76. The number of ether oxygens (including phenoxy) is 1. The Kier molecular flexibility index (Phi) is 3.70. The summed E-state index contributed by atoms with van der Waals surface area (Å²) in [6.07, 6.45) is 1.47. The van der Waals surface area contributed by atoms with Crippen LogP contribution in [0.2, 0.25) is 0 Å². The van der Waals surface area contributed by atoms with Gasteiger partial charge in [-0.25, -0.2) is 13.4 Å². The van der Waals surface area contributed by atoms with Gasteiger partial charge in [0.1, 0.15) is 11.6 Å². The summed E-state index contributed by atoms with van der Waals surface area (Å²) in [6, 6.07) is 1.66. The van der Waals surface area contributed by atoms with Gasteiger partial charge in [0.05, 0.1) is 18.1 Å². The Morgan fingerprint density at radius 2 is 2.28 bits per heavy atom. The van der Waals surface area contributed by atoms with Gasteiger partial charge in [0.2, 0.25) is 5.88 Å². The van der Waals surface area contributed by atoms with Crippen molar-refractivity contribution in [2.75, 3.05) is 24.7 Å². The summed E-state index contributed by atoms with van der Waals surface area (Å²) in [5.41, 5.74) is 0. The SMILES string of the molecule is COc1cc(NCC2CCCS2(=O)=O)nc(C)n1. The average Bonchev–Trinajstić information content (AvgIpc) is 2.65. The fourth-order valence-corrected chi connectivity index (χ4v) is 3.81. The van der Waals surface area contributed by atoms with Gasteiger partial charge in [-0.3, -0.25) is 0 Å². The van der Waals surface area contributed by atoms with Gasteiger partial charge in [-0.05, 0) is 19.8 Å². The third kappa shape index (κ3) is 2.90. The highest BCUT2D eigenvalue weighted by Gasteiger charge is 2.30. The maximum Gasteiger partial charge on any atom is 0.218 e. The molecule has 0 bridgehead atoms. The van der Waals surface area contributed by atoms with E-state index in [0.717, 1.165) is 12.8 Å². The Balaban J connectivity index is 2.04. The Hall–Kier alpha value is -1.37. The van der Waals surface area contributed by atoms with Crippen molar-refractivity contribution in [1.82, 2.24) is 9.97 Å². The van der Waals surface area contributed by atoms with Crippen molar-refractivity contribution < 1.29 is 13.2 Å². The molecule has 2 rings (SSSR count). The molecule has 100 valence electrons. The van der Waals surface area contributed by atoms with Crippen molar-refractivity contribution in [3.8, 4) is 5.88 Å². The van der Waals surface area contributed by atoms with Crippen molar-refractivity contribution in [2.45, 2.75) is 25.0 Å². The summed E-state index contributed by atoms with van der Waals surface area (Å²) in [4.78, 5) is 8.26. The van der Waals surface area contributed by atoms with E-state index < -0.39 is 9.84 Å². The van der Waals surface area contributed by atoms with E-state index in [1.807, 2.05) is 0 Å². The molecule has 1 fully saturated rings. The fourth-order valence-electron chi connectivity index (χ4n) is 2.04. The average molecular weight is 271 g/mol. The predicted octanol–water partition coefficient (Wildman–Crippen LogP) is 0.783. The third-order valence-electron chi connectivity index (χ3n) is 3.00. The van der Waals surface area contributed by atoms with Crippen molar-refractivity contribution >= 4 is 15.7 Å². The van der Waals surface area contributed by atoms with Gasteiger partial charge >= 0.3 is 0 Å². The Bertz CT molecular complexity index is 530. The lowest BCUT2D eigenvalue weighted by Gasteiger charge is -2.12. The van der Waals surface area contributed by atoms with Gasteiger partial charge in [-0.15, -0.1) is 0 Å². The number of hydrogen-bond donors (Lipinski definition) is 1. The minimum atomic E-state index is -2.92. The molecule has 0 radical (unpaired) electrons. The van der Waals surface area contributed by atoms with Crippen LogP contribution in [0.25, 0.3) is 0 Å². The number of hydrogen-bond acceptors (Lipinski definition) is 6. The van der Waals surface area contributed by atoms with Crippen LogP contribution >= 0.6 is 0 Å². The lowest BCUT2D eigenvalue weighted by molar-refractivity contribution is 0.396. The van der Waals surface area contributed by atoms with Crippen LogP contribution in [0, 0.1) is 6.92 Å². The van der Waals surface area contributed by atoms with Crippen molar-refractivity contribution in [1.29, 1.82) is 0 Å². The van der Waals surface area contributed by atoms with Crippen molar-refractivity contribution in [2.24, 2.45) is 0 Å². The maximum absolute atomic E-state index is 11.7. The van der Waals surface area contributed by atoms with Gasteiger partial charge < -0.3 is 10.1 Å². The summed E-state index contributed by atoms with van der Waals surface area (Å²) in [5, 5.41) is 2.74. The van der Waals surface area contributed by atoms with Crippen LogP contribution in [0.15, 0.2) is 6.07 Å². The number of anilines is 1. The molecule has 2 heterocycles. The monoisotopic (exact) mass is 271 g/mol. The zero-order valence-electron chi connectivity index (χ0n) is 10.5. The Morgan fingerprint density at radius 1 is 1.50 bits per heavy atom. The highest BCUT2D eigenvalue weighted by Crippen LogP contribution is 2.21. The molecule has 0 saturated carbocycles. The minimum Gasteiger partial charge on any atom is -0.481 e. The molecule has 7 heteroatoms. The van der Waals surface area contributed by atoms with Crippen LogP contribution in [0.4, 0.5) is 5.82 Å². The van der Waals surface area contributed by atoms with E-state index in [0.29, 0.717) is 29.8 Å². The molecular weight excluding hydrogens is 254 g/mol. The molecule has 1 aromatic rings. The number of methoxy groups -OCH3 is 1. The number of nitrogens with zero attached hydrogens (tertiary/aromatic N) is 2.